The summed E-state index contributed by atoms with van der Waals surface area (Å²) in [6.45, 7) is 6.53. The number of fused-ring (bicyclic) bond motifs is 2. The molecule has 160 valence electrons. The minimum Gasteiger partial charge on any atom is -0.361 e. The molecule has 3 nitrogen and oxygen atoms in total. The fourth-order valence-corrected chi connectivity index (χ4v) is 6.34. The number of rotatable bonds is 6. The van der Waals surface area contributed by atoms with Crippen LogP contribution in [0.1, 0.15) is 64.4 Å². The Hall–Kier alpha value is -2.03. The van der Waals surface area contributed by atoms with Gasteiger partial charge in [-0.05, 0) is 61.0 Å². The zero-order valence-corrected chi connectivity index (χ0v) is 18.6. The molecular formula is C27H36N2O. The van der Waals surface area contributed by atoms with Gasteiger partial charge >= 0.3 is 0 Å². The average Bonchev–Trinajstić information content (AvgIpc) is 3.20. The van der Waals surface area contributed by atoms with Gasteiger partial charge in [0, 0.05) is 36.1 Å². The summed E-state index contributed by atoms with van der Waals surface area (Å²) in [5.41, 5.74) is 4.47. The minimum absolute atomic E-state index is 0.244. The predicted octanol–water partition coefficient (Wildman–Crippen LogP) is 6.11. The van der Waals surface area contributed by atoms with Crippen LogP contribution in [0.2, 0.25) is 0 Å². The zero-order valence-electron chi connectivity index (χ0n) is 18.6. The van der Waals surface area contributed by atoms with E-state index in [2.05, 4.69) is 60.3 Å². The first kappa shape index (κ1) is 19.9. The van der Waals surface area contributed by atoms with Crippen LogP contribution in [-0.4, -0.2) is 28.9 Å². The van der Waals surface area contributed by atoms with E-state index in [1.165, 1.54) is 54.1 Å². The van der Waals surface area contributed by atoms with Gasteiger partial charge in [-0.15, -0.1) is 0 Å². The van der Waals surface area contributed by atoms with E-state index < -0.39 is 0 Å². The van der Waals surface area contributed by atoms with E-state index in [9.17, 15) is 4.79 Å². The molecular weight excluding hydrogens is 368 g/mol. The molecule has 1 aromatic heterocycles. The number of H-pyrrole nitrogens is 1. The van der Waals surface area contributed by atoms with Crippen LogP contribution in [-0.2, 0) is 11.2 Å². The second-order valence-electron chi connectivity index (χ2n) is 10.5. The molecule has 2 atom stereocenters. The van der Waals surface area contributed by atoms with E-state index in [0.717, 1.165) is 38.3 Å². The Kier molecular flexibility index (Phi) is 5.24. The Balaban J connectivity index is 1.34. The van der Waals surface area contributed by atoms with Gasteiger partial charge < -0.3 is 9.88 Å². The summed E-state index contributed by atoms with van der Waals surface area (Å²) in [6, 6.07) is 8.50. The van der Waals surface area contributed by atoms with Crippen molar-refractivity contribution in [3.05, 3.63) is 47.7 Å². The van der Waals surface area contributed by atoms with Crippen molar-refractivity contribution in [1.82, 2.24) is 9.88 Å². The van der Waals surface area contributed by atoms with Crippen molar-refractivity contribution >= 4 is 16.8 Å². The van der Waals surface area contributed by atoms with E-state index in [1.807, 2.05) is 0 Å². The largest absolute Gasteiger partial charge is 0.361 e. The summed E-state index contributed by atoms with van der Waals surface area (Å²) in [4.78, 5) is 19.2. The molecule has 2 saturated carbocycles. The molecule has 2 unspecified atom stereocenters. The van der Waals surface area contributed by atoms with Crippen molar-refractivity contribution in [2.45, 2.75) is 65.2 Å². The standard InChI is InChI=1S/C27H36N2O/c1-27(2)22-13-12-21(24(27)16-22)18-29(26(30)19-8-4-3-5-9-19)15-14-20-17-28-25-11-7-6-10-23(20)25/h6-7,10-12,17,19,22,24,28H,3-5,8-9,13-16,18H2,1-2H3. The van der Waals surface area contributed by atoms with Gasteiger partial charge in [0.15, 0.2) is 0 Å². The van der Waals surface area contributed by atoms with Crippen molar-refractivity contribution in [1.29, 1.82) is 0 Å². The normalized spacial score (nSPS) is 25.6. The van der Waals surface area contributed by atoms with Gasteiger partial charge in [-0.2, -0.15) is 0 Å². The minimum atomic E-state index is 0.244. The summed E-state index contributed by atoms with van der Waals surface area (Å²) < 4.78 is 0. The van der Waals surface area contributed by atoms with Gasteiger partial charge in [0.2, 0.25) is 5.91 Å². The molecule has 1 amide bonds. The first-order valence-corrected chi connectivity index (χ1v) is 12.1. The molecule has 2 aromatic rings. The quantitative estimate of drug-likeness (QED) is 0.579. The number of para-hydroxylation sites is 1. The Morgan fingerprint density at radius 2 is 1.97 bits per heavy atom. The highest BCUT2D eigenvalue weighted by Gasteiger charge is 2.51. The van der Waals surface area contributed by atoms with Crippen molar-refractivity contribution in [2.75, 3.05) is 13.1 Å². The van der Waals surface area contributed by atoms with Crippen LogP contribution in [0.3, 0.4) is 0 Å². The second kappa shape index (κ2) is 7.90. The number of carbonyl (C=O) groups excluding carboxylic acids is 1. The molecule has 4 aliphatic carbocycles. The smallest absolute Gasteiger partial charge is 0.225 e. The summed E-state index contributed by atoms with van der Waals surface area (Å²) >= 11 is 0. The molecule has 0 radical (unpaired) electrons. The van der Waals surface area contributed by atoms with Crippen molar-refractivity contribution in [3.63, 3.8) is 0 Å². The third-order valence-corrected chi connectivity index (χ3v) is 8.55. The molecule has 0 spiro atoms. The Morgan fingerprint density at radius 1 is 1.17 bits per heavy atom. The van der Waals surface area contributed by atoms with Crippen LogP contribution in [0.5, 0.6) is 0 Å². The van der Waals surface area contributed by atoms with Crippen LogP contribution in [0.25, 0.3) is 10.9 Å². The van der Waals surface area contributed by atoms with Gasteiger partial charge in [-0.1, -0.05) is 63.0 Å². The molecule has 4 aliphatic rings. The lowest BCUT2D eigenvalue weighted by molar-refractivity contribution is -0.136. The molecule has 6 rings (SSSR count). The summed E-state index contributed by atoms with van der Waals surface area (Å²) in [5.74, 6) is 2.17. The molecule has 1 heterocycles. The molecule has 1 aromatic carbocycles. The number of hydrogen-bond donors (Lipinski definition) is 1. The molecule has 30 heavy (non-hydrogen) atoms. The highest BCUT2D eigenvalue weighted by atomic mass is 16.2. The number of nitrogens with zero attached hydrogens (tertiary/aromatic N) is 1. The number of benzene rings is 1. The van der Waals surface area contributed by atoms with Crippen molar-refractivity contribution in [2.24, 2.45) is 23.2 Å². The molecule has 2 fully saturated rings. The van der Waals surface area contributed by atoms with Crippen LogP contribution in [0, 0.1) is 23.2 Å². The van der Waals surface area contributed by atoms with Crippen molar-refractivity contribution in [3.8, 4) is 0 Å². The molecule has 0 saturated heterocycles. The molecule has 0 aliphatic heterocycles. The lowest BCUT2D eigenvalue weighted by Gasteiger charge is -2.57. The van der Waals surface area contributed by atoms with Gasteiger partial charge in [0.05, 0.1) is 0 Å². The highest BCUT2D eigenvalue weighted by molar-refractivity contribution is 5.83. The Bertz CT molecular complexity index is 947. The average molecular weight is 405 g/mol. The summed E-state index contributed by atoms with van der Waals surface area (Å²) in [5, 5.41) is 1.29. The molecule has 3 heteroatoms. The maximum atomic E-state index is 13.6. The topological polar surface area (TPSA) is 36.1 Å². The monoisotopic (exact) mass is 404 g/mol. The van der Waals surface area contributed by atoms with Crippen LogP contribution < -0.4 is 0 Å². The van der Waals surface area contributed by atoms with E-state index >= 15 is 0 Å². The fourth-order valence-electron chi connectivity index (χ4n) is 6.34. The van der Waals surface area contributed by atoms with Crippen LogP contribution >= 0.6 is 0 Å². The first-order chi connectivity index (χ1) is 14.5. The van der Waals surface area contributed by atoms with E-state index in [4.69, 9.17) is 0 Å². The van der Waals surface area contributed by atoms with E-state index in [0.29, 0.717) is 17.2 Å². The number of nitrogens with one attached hydrogen (secondary N) is 1. The number of aromatic nitrogens is 1. The Morgan fingerprint density at radius 3 is 2.73 bits per heavy atom. The number of aromatic amines is 1. The number of amides is 1. The number of allylic oxidation sites excluding steroid dienone is 1. The van der Waals surface area contributed by atoms with Gasteiger partial charge in [-0.25, -0.2) is 0 Å². The van der Waals surface area contributed by atoms with Crippen LogP contribution in [0.15, 0.2) is 42.1 Å². The van der Waals surface area contributed by atoms with E-state index in [1.54, 1.807) is 0 Å². The lowest BCUT2D eigenvalue weighted by atomic mass is 9.49. The first-order valence-electron chi connectivity index (χ1n) is 12.1. The summed E-state index contributed by atoms with van der Waals surface area (Å²) in [7, 11) is 0. The SMILES string of the molecule is CC1(C)C2CC=C(CN(CCc3c[nH]c4ccccc34)C(=O)C3CCCCC3)C1C2. The number of carbonyl (C=O) groups is 1. The van der Waals surface area contributed by atoms with Crippen LogP contribution in [0.4, 0.5) is 0 Å². The third-order valence-electron chi connectivity index (χ3n) is 8.55. The molecule has 2 bridgehead atoms. The third kappa shape index (κ3) is 3.50. The zero-order chi connectivity index (χ0) is 20.7. The maximum absolute atomic E-state index is 13.6. The van der Waals surface area contributed by atoms with Gasteiger partial charge in [-0.3, -0.25) is 4.79 Å². The van der Waals surface area contributed by atoms with E-state index in [-0.39, 0.29) is 5.92 Å². The number of hydrogen-bond acceptors (Lipinski definition) is 1. The fraction of sp³-hybridized carbons (Fsp3) is 0.593. The maximum Gasteiger partial charge on any atom is 0.225 e. The Labute approximate surface area is 180 Å². The van der Waals surface area contributed by atoms with Crippen molar-refractivity contribution < 1.29 is 4.79 Å². The van der Waals surface area contributed by atoms with Gasteiger partial charge in [0.1, 0.15) is 0 Å². The highest BCUT2D eigenvalue weighted by Crippen LogP contribution is 2.59. The van der Waals surface area contributed by atoms with Gasteiger partial charge in [0.25, 0.3) is 0 Å². The lowest BCUT2D eigenvalue weighted by Crippen LogP contribution is -2.51. The second-order valence-corrected chi connectivity index (χ2v) is 10.5. The molecule has 1 N–H and O–H groups in total. The predicted molar refractivity (Wildman–Crippen MR) is 123 cm³/mol. The summed E-state index contributed by atoms with van der Waals surface area (Å²) in [6.07, 6.45) is 13.9.